The normalized spacial score (nSPS) is 10.5. The average molecular weight is 482 g/mol. The highest BCUT2D eigenvalue weighted by Gasteiger charge is 2.20. The maximum absolute atomic E-state index is 12.6. The summed E-state index contributed by atoms with van der Waals surface area (Å²) in [6.07, 6.45) is 0. The smallest absolute Gasteiger partial charge is 0.234 e. The van der Waals surface area contributed by atoms with Crippen LogP contribution in [0.25, 0.3) is 16.4 Å². The van der Waals surface area contributed by atoms with E-state index in [1.54, 1.807) is 36.6 Å². The first-order chi connectivity index (χ1) is 15.6. The van der Waals surface area contributed by atoms with Crippen LogP contribution in [0.3, 0.4) is 0 Å². The molecule has 0 spiro atoms. The molecular formula is C22H16ClN5O2S2. The first-order valence-electron chi connectivity index (χ1n) is 9.35. The van der Waals surface area contributed by atoms with Gasteiger partial charge in [0.25, 0.3) is 0 Å². The van der Waals surface area contributed by atoms with Gasteiger partial charge in [0, 0.05) is 5.02 Å². The second-order valence-electron chi connectivity index (χ2n) is 6.43. The van der Waals surface area contributed by atoms with Gasteiger partial charge in [0.2, 0.25) is 5.91 Å². The summed E-state index contributed by atoms with van der Waals surface area (Å²) in [6, 6.07) is 18.2. The van der Waals surface area contributed by atoms with E-state index in [1.807, 2.05) is 52.4 Å². The van der Waals surface area contributed by atoms with E-state index in [9.17, 15) is 10.1 Å². The average Bonchev–Trinajstić information content (AvgIpc) is 3.47. The number of para-hydroxylation sites is 2. The highest BCUT2D eigenvalue weighted by atomic mass is 35.5. The molecule has 2 aromatic carbocycles. The van der Waals surface area contributed by atoms with Crippen molar-refractivity contribution in [1.29, 1.82) is 5.26 Å². The molecule has 7 nitrogen and oxygen atoms in total. The van der Waals surface area contributed by atoms with Gasteiger partial charge in [0.15, 0.2) is 11.0 Å². The zero-order chi connectivity index (χ0) is 22.5. The number of ether oxygens (including phenoxy) is 1. The van der Waals surface area contributed by atoms with Crippen LogP contribution in [-0.4, -0.2) is 33.5 Å². The van der Waals surface area contributed by atoms with Crippen molar-refractivity contribution in [3.05, 3.63) is 70.6 Å². The first kappa shape index (κ1) is 21.9. The molecule has 0 fully saturated rings. The minimum atomic E-state index is -0.291. The lowest BCUT2D eigenvalue weighted by atomic mass is 10.2. The third-order valence-corrected chi connectivity index (χ3v) is 6.44. The van der Waals surface area contributed by atoms with Gasteiger partial charge in [-0.25, -0.2) is 0 Å². The van der Waals surface area contributed by atoms with Crippen LogP contribution >= 0.6 is 34.7 Å². The highest BCUT2D eigenvalue weighted by Crippen LogP contribution is 2.34. The third-order valence-electron chi connectivity index (χ3n) is 4.41. The molecule has 0 saturated carbocycles. The molecule has 0 aliphatic rings. The Labute approximate surface area is 197 Å². The van der Waals surface area contributed by atoms with E-state index in [4.69, 9.17) is 16.3 Å². The molecule has 160 valence electrons. The van der Waals surface area contributed by atoms with Gasteiger partial charge in [-0.2, -0.15) is 5.26 Å². The monoisotopic (exact) mass is 481 g/mol. The number of carbonyl (C=O) groups is 1. The summed E-state index contributed by atoms with van der Waals surface area (Å²) in [4.78, 5) is 13.5. The third kappa shape index (κ3) is 4.62. The lowest BCUT2D eigenvalue weighted by molar-refractivity contribution is -0.113. The Morgan fingerprint density at radius 3 is 2.84 bits per heavy atom. The molecule has 32 heavy (non-hydrogen) atoms. The second-order valence-corrected chi connectivity index (χ2v) is 8.76. The van der Waals surface area contributed by atoms with E-state index >= 15 is 0 Å². The van der Waals surface area contributed by atoms with Crippen molar-refractivity contribution in [2.75, 3.05) is 18.2 Å². The van der Waals surface area contributed by atoms with Gasteiger partial charge in [0.1, 0.15) is 11.8 Å². The highest BCUT2D eigenvalue weighted by molar-refractivity contribution is 7.99. The van der Waals surface area contributed by atoms with E-state index in [1.165, 1.54) is 11.8 Å². The molecule has 2 aromatic heterocycles. The number of methoxy groups -OCH3 is 1. The Kier molecular flexibility index (Phi) is 6.75. The van der Waals surface area contributed by atoms with Crippen molar-refractivity contribution in [3.8, 4) is 28.2 Å². The molecular weight excluding hydrogens is 466 g/mol. The van der Waals surface area contributed by atoms with Crippen LogP contribution in [0.2, 0.25) is 5.02 Å². The minimum Gasteiger partial charge on any atom is -0.495 e. The Morgan fingerprint density at radius 2 is 2.09 bits per heavy atom. The summed E-state index contributed by atoms with van der Waals surface area (Å²) >= 11 is 8.78. The molecule has 0 atom stereocenters. The lowest BCUT2D eigenvalue weighted by Gasteiger charge is -2.13. The SMILES string of the molecule is COc1ccccc1-n1c(SCC(=O)Nc2cc(Cl)ccc2C#N)nnc1-c1cccs1. The number of rotatable bonds is 7. The van der Waals surface area contributed by atoms with Crippen molar-refractivity contribution < 1.29 is 9.53 Å². The minimum absolute atomic E-state index is 0.0646. The summed E-state index contributed by atoms with van der Waals surface area (Å²) in [7, 11) is 1.60. The number of thioether (sulfide) groups is 1. The fraction of sp³-hybridized carbons (Fsp3) is 0.0909. The molecule has 0 radical (unpaired) electrons. The van der Waals surface area contributed by atoms with Crippen LogP contribution in [0, 0.1) is 11.3 Å². The predicted molar refractivity (Wildman–Crippen MR) is 127 cm³/mol. The van der Waals surface area contributed by atoms with Crippen LogP contribution < -0.4 is 10.1 Å². The van der Waals surface area contributed by atoms with Crippen molar-refractivity contribution in [2.45, 2.75) is 5.16 Å². The van der Waals surface area contributed by atoms with Crippen LogP contribution in [-0.2, 0) is 4.79 Å². The topological polar surface area (TPSA) is 92.8 Å². The Hall–Kier alpha value is -3.32. The molecule has 2 heterocycles. The molecule has 0 unspecified atom stereocenters. The van der Waals surface area contributed by atoms with Crippen molar-refractivity contribution in [3.63, 3.8) is 0 Å². The summed E-state index contributed by atoms with van der Waals surface area (Å²) < 4.78 is 7.41. The molecule has 4 rings (SSSR count). The molecule has 0 bridgehead atoms. The van der Waals surface area contributed by atoms with E-state index in [0.29, 0.717) is 33.0 Å². The van der Waals surface area contributed by atoms with Gasteiger partial charge < -0.3 is 10.1 Å². The zero-order valence-corrected chi connectivity index (χ0v) is 19.2. The van der Waals surface area contributed by atoms with Crippen LogP contribution in [0.4, 0.5) is 5.69 Å². The number of hydrogen-bond acceptors (Lipinski definition) is 7. The number of hydrogen-bond donors (Lipinski definition) is 1. The van der Waals surface area contributed by atoms with Crippen LogP contribution in [0.5, 0.6) is 5.75 Å². The molecule has 0 saturated heterocycles. The van der Waals surface area contributed by atoms with Crippen LogP contribution in [0.15, 0.2) is 65.1 Å². The molecule has 0 aliphatic carbocycles. The van der Waals surface area contributed by atoms with E-state index < -0.39 is 0 Å². The molecule has 10 heteroatoms. The summed E-state index contributed by atoms with van der Waals surface area (Å²) in [5, 5.41) is 23.6. The number of nitrogens with zero attached hydrogens (tertiary/aromatic N) is 4. The van der Waals surface area contributed by atoms with Gasteiger partial charge in [0.05, 0.1) is 34.7 Å². The van der Waals surface area contributed by atoms with E-state index in [-0.39, 0.29) is 11.7 Å². The summed E-state index contributed by atoms with van der Waals surface area (Å²) in [6.45, 7) is 0. The number of thiophene rings is 1. The van der Waals surface area contributed by atoms with Gasteiger partial charge in [-0.05, 0) is 41.8 Å². The van der Waals surface area contributed by atoms with E-state index in [2.05, 4.69) is 15.5 Å². The van der Waals surface area contributed by atoms with Gasteiger partial charge in [-0.1, -0.05) is 41.6 Å². The Balaban J connectivity index is 1.62. The van der Waals surface area contributed by atoms with Gasteiger partial charge in [-0.15, -0.1) is 21.5 Å². The van der Waals surface area contributed by atoms with Crippen molar-refractivity contribution in [1.82, 2.24) is 14.8 Å². The summed E-state index contributed by atoms with van der Waals surface area (Å²) in [5.74, 6) is 1.10. The number of nitriles is 1. The standard InChI is InChI=1S/C22H16ClN5O2S2/c1-30-18-6-3-2-5-17(18)28-21(19-7-4-10-31-19)26-27-22(28)32-13-20(29)25-16-11-15(23)9-8-14(16)12-24/h2-11H,13H2,1H3,(H,25,29). The van der Waals surface area contributed by atoms with E-state index in [0.717, 1.165) is 10.6 Å². The summed E-state index contributed by atoms with van der Waals surface area (Å²) in [5.41, 5.74) is 1.48. The van der Waals surface area contributed by atoms with Crippen LogP contribution in [0.1, 0.15) is 5.56 Å². The largest absolute Gasteiger partial charge is 0.495 e. The number of amides is 1. The number of carbonyl (C=O) groups excluding carboxylic acids is 1. The quantitative estimate of drug-likeness (QED) is 0.362. The number of aromatic nitrogens is 3. The number of anilines is 1. The maximum atomic E-state index is 12.6. The molecule has 0 aliphatic heterocycles. The Bertz CT molecular complexity index is 1300. The van der Waals surface area contributed by atoms with Crippen molar-refractivity contribution >= 4 is 46.3 Å². The first-order valence-corrected chi connectivity index (χ1v) is 11.6. The molecule has 4 aromatic rings. The maximum Gasteiger partial charge on any atom is 0.234 e. The fourth-order valence-corrected chi connectivity index (χ4v) is 4.61. The molecule has 1 N–H and O–H groups in total. The second kappa shape index (κ2) is 9.87. The molecule has 1 amide bonds. The lowest BCUT2D eigenvalue weighted by Crippen LogP contribution is -2.15. The Morgan fingerprint density at radius 1 is 1.25 bits per heavy atom. The number of halogens is 1. The fourth-order valence-electron chi connectivity index (χ4n) is 2.99. The zero-order valence-electron chi connectivity index (χ0n) is 16.8. The van der Waals surface area contributed by atoms with Crippen molar-refractivity contribution in [2.24, 2.45) is 0 Å². The predicted octanol–water partition coefficient (Wildman–Crippen LogP) is 5.26. The number of benzene rings is 2. The number of nitrogens with one attached hydrogen (secondary N) is 1. The van der Waals surface area contributed by atoms with Gasteiger partial charge >= 0.3 is 0 Å². The van der Waals surface area contributed by atoms with Gasteiger partial charge in [-0.3, -0.25) is 9.36 Å².